The molecule has 3 N–H and O–H groups in total. The molecule has 1 aromatic carbocycles. The molecule has 0 saturated heterocycles. The third-order valence-corrected chi connectivity index (χ3v) is 4.32. The molecule has 1 amide bonds. The highest BCUT2D eigenvalue weighted by Gasteiger charge is 2.35. The highest BCUT2D eigenvalue weighted by molar-refractivity contribution is 6.30. The smallest absolute Gasteiger partial charge is 0.383 e. The SMILES string of the molecule is CC(C)n1nc(C(F)(F)F)cc1-c1ccc(NC(=O)c2ccc(Cl)cc2)nc1N. The molecule has 0 saturated carbocycles. The van der Waals surface area contributed by atoms with Gasteiger partial charge in [-0.25, -0.2) is 4.98 Å². The van der Waals surface area contributed by atoms with E-state index in [2.05, 4.69) is 15.4 Å². The first kappa shape index (κ1) is 20.7. The van der Waals surface area contributed by atoms with E-state index in [1.165, 1.54) is 16.8 Å². The number of nitrogens with one attached hydrogen (secondary N) is 1. The fraction of sp³-hybridized carbons (Fsp3) is 0.211. The van der Waals surface area contributed by atoms with Gasteiger partial charge in [0.05, 0.1) is 5.69 Å². The summed E-state index contributed by atoms with van der Waals surface area (Å²) in [7, 11) is 0. The first-order valence-corrected chi connectivity index (χ1v) is 8.94. The van der Waals surface area contributed by atoms with Crippen LogP contribution in [0.15, 0.2) is 42.5 Å². The zero-order chi connectivity index (χ0) is 21.3. The molecule has 6 nitrogen and oxygen atoms in total. The predicted molar refractivity (Wildman–Crippen MR) is 105 cm³/mol. The number of carbonyl (C=O) groups is 1. The summed E-state index contributed by atoms with van der Waals surface area (Å²) in [5, 5.41) is 6.73. The summed E-state index contributed by atoms with van der Waals surface area (Å²) in [5.41, 5.74) is 5.80. The molecule has 0 aliphatic rings. The summed E-state index contributed by atoms with van der Waals surface area (Å²) in [5.74, 6) is -0.291. The van der Waals surface area contributed by atoms with E-state index in [0.717, 1.165) is 6.07 Å². The largest absolute Gasteiger partial charge is 0.435 e. The summed E-state index contributed by atoms with van der Waals surface area (Å²) in [6, 6.07) is 9.81. The molecule has 152 valence electrons. The Morgan fingerprint density at radius 1 is 1.17 bits per heavy atom. The van der Waals surface area contributed by atoms with Crippen LogP contribution in [0.25, 0.3) is 11.3 Å². The number of nitrogen functional groups attached to an aromatic ring is 1. The van der Waals surface area contributed by atoms with Gasteiger partial charge in [0.15, 0.2) is 5.69 Å². The fourth-order valence-electron chi connectivity index (χ4n) is 2.68. The molecule has 2 heterocycles. The lowest BCUT2D eigenvalue weighted by Gasteiger charge is -2.13. The Balaban J connectivity index is 1.91. The number of aromatic nitrogens is 3. The van der Waals surface area contributed by atoms with Gasteiger partial charge in [-0.1, -0.05) is 11.6 Å². The quantitative estimate of drug-likeness (QED) is 0.616. The summed E-state index contributed by atoms with van der Waals surface area (Å²) in [4.78, 5) is 16.4. The molecular formula is C19H17ClF3N5O. The van der Waals surface area contributed by atoms with Crippen LogP contribution in [-0.4, -0.2) is 20.7 Å². The van der Waals surface area contributed by atoms with Crippen molar-refractivity contribution in [2.45, 2.75) is 26.1 Å². The maximum absolute atomic E-state index is 13.1. The van der Waals surface area contributed by atoms with Crippen molar-refractivity contribution in [3.63, 3.8) is 0 Å². The van der Waals surface area contributed by atoms with Gasteiger partial charge in [0.1, 0.15) is 11.6 Å². The second-order valence-electron chi connectivity index (χ2n) is 6.54. The third kappa shape index (κ3) is 4.51. The Bertz CT molecular complexity index is 1040. The van der Waals surface area contributed by atoms with E-state index in [-0.39, 0.29) is 28.9 Å². The summed E-state index contributed by atoms with van der Waals surface area (Å²) in [6.45, 7) is 3.42. The first-order chi connectivity index (χ1) is 13.6. The van der Waals surface area contributed by atoms with Crippen molar-refractivity contribution in [3.05, 3.63) is 58.7 Å². The number of nitrogens with two attached hydrogens (primary N) is 1. The molecule has 0 atom stereocenters. The molecule has 0 spiro atoms. The van der Waals surface area contributed by atoms with Crippen molar-refractivity contribution in [2.75, 3.05) is 11.1 Å². The van der Waals surface area contributed by atoms with E-state index in [9.17, 15) is 18.0 Å². The Morgan fingerprint density at radius 3 is 2.38 bits per heavy atom. The van der Waals surface area contributed by atoms with E-state index in [0.29, 0.717) is 10.6 Å². The van der Waals surface area contributed by atoms with Gasteiger partial charge in [-0.15, -0.1) is 0 Å². The molecule has 0 fully saturated rings. The predicted octanol–water partition coefficient (Wildman–Crippen LogP) is 5.03. The van der Waals surface area contributed by atoms with Crippen LogP contribution in [0.5, 0.6) is 0 Å². The Hall–Kier alpha value is -3.07. The molecule has 3 rings (SSSR count). The van der Waals surface area contributed by atoms with Crippen LogP contribution in [0.4, 0.5) is 24.8 Å². The van der Waals surface area contributed by atoms with Crippen molar-refractivity contribution < 1.29 is 18.0 Å². The van der Waals surface area contributed by atoms with E-state index in [1.807, 2.05) is 0 Å². The maximum Gasteiger partial charge on any atom is 0.435 e. The molecule has 2 aromatic heterocycles. The van der Waals surface area contributed by atoms with Crippen molar-refractivity contribution in [1.82, 2.24) is 14.8 Å². The summed E-state index contributed by atoms with van der Waals surface area (Å²) < 4.78 is 40.5. The minimum Gasteiger partial charge on any atom is -0.383 e. The van der Waals surface area contributed by atoms with Crippen LogP contribution in [0, 0.1) is 0 Å². The number of pyridine rings is 1. The minimum absolute atomic E-state index is 0.0329. The van der Waals surface area contributed by atoms with Crippen LogP contribution < -0.4 is 11.1 Å². The molecule has 0 aliphatic carbocycles. The van der Waals surface area contributed by atoms with Crippen molar-refractivity contribution >= 4 is 29.1 Å². The van der Waals surface area contributed by atoms with E-state index in [1.54, 1.807) is 38.1 Å². The number of hydrogen-bond acceptors (Lipinski definition) is 4. The molecular weight excluding hydrogens is 407 g/mol. The molecule has 3 aromatic rings. The second kappa shape index (κ2) is 7.75. The lowest BCUT2D eigenvalue weighted by Crippen LogP contribution is -2.14. The number of benzene rings is 1. The fourth-order valence-corrected chi connectivity index (χ4v) is 2.80. The molecule has 0 radical (unpaired) electrons. The van der Waals surface area contributed by atoms with Gasteiger partial charge in [0.2, 0.25) is 0 Å². The first-order valence-electron chi connectivity index (χ1n) is 8.57. The summed E-state index contributed by atoms with van der Waals surface area (Å²) >= 11 is 5.80. The van der Waals surface area contributed by atoms with Crippen LogP contribution in [0.2, 0.25) is 5.02 Å². The Kier molecular flexibility index (Phi) is 5.52. The van der Waals surface area contributed by atoms with Crippen molar-refractivity contribution in [2.24, 2.45) is 0 Å². The standard InChI is InChI=1S/C19H17ClF3N5O/c1-10(2)28-14(9-15(27-28)19(21,22)23)13-7-8-16(25-17(13)24)26-18(29)11-3-5-12(20)6-4-11/h3-10H,1-2H3,(H3,24,25,26,29). The molecule has 29 heavy (non-hydrogen) atoms. The monoisotopic (exact) mass is 423 g/mol. The van der Waals surface area contributed by atoms with Crippen LogP contribution in [-0.2, 0) is 6.18 Å². The highest BCUT2D eigenvalue weighted by atomic mass is 35.5. The number of alkyl halides is 3. The van der Waals surface area contributed by atoms with E-state index in [4.69, 9.17) is 17.3 Å². The molecule has 0 unspecified atom stereocenters. The number of amides is 1. The van der Waals surface area contributed by atoms with Crippen molar-refractivity contribution in [1.29, 1.82) is 0 Å². The molecule has 10 heteroatoms. The van der Waals surface area contributed by atoms with Gasteiger partial charge < -0.3 is 11.1 Å². The van der Waals surface area contributed by atoms with Gasteiger partial charge in [0.25, 0.3) is 5.91 Å². The van der Waals surface area contributed by atoms with Gasteiger partial charge in [-0.2, -0.15) is 18.3 Å². The average molecular weight is 424 g/mol. The highest BCUT2D eigenvalue weighted by Crippen LogP contribution is 2.35. The number of nitrogens with zero attached hydrogens (tertiary/aromatic N) is 3. The zero-order valence-electron chi connectivity index (χ0n) is 15.5. The number of hydrogen-bond donors (Lipinski definition) is 2. The van der Waals surface area contributed by atoms with E-state index >= 15 is 0 Å². The van der Waals surface area contributed by atoms with Gasteiger partial charge in [0, 0.05) is 22.2 Å². The molecule has 0 aliphatic heterocycles. The normalized spacial score (nSPS) is 11.7. The second-order valence-corrected chi connectivity index (χ2v) is 6.98. The topological polar surface area (TPSA) is 85.8 Å². The van der Waals surface area contributed by atoms with Gasteiger partial charge >= 0.3 is 6.18 Å². The minimum atomic E-state index is -4.58. The number of carbonyl (C=O) groups excluding carboxylic acids is 1. The third-order valence-electron chi connectivity index (χ3n) is 4.06. The van der Waals surface area contributed by atoms with Gasteiger partial charge in [-0.3, -0.25) is 9.48 Å². The summed E-state index contributed by atoms with van der Waals surface area (Å²) in [6.07, 6.45) is -4.58. The molecule has 0 bridgehead atoms. The zero-order valence-corrected chi connectivity index (χ0v) is 16.2. The number of halogens is 4. The Morgan fingerprint density at radius 2 is 1.83 bits per heavy atom. The number of anilines is 2. The van der Waals surface area contributed by atoms with Crippen LogP contribution in [0.1, 0.15) is 35.9 Å². The van der Waals surface area contributed by atoms with E-state index < -0.39 is 17.8 Å². The van der Waals surface area contributed by atoms with Crippen molar-refractivity contribution in [3.8, 4) is 11.3 Å². The number of rotatable bonds is 4. The lowest BCUT2D eigenvalue weighted by atomic mass is 10.1. The lowest BCUT2D eigenvalue weighted by molar-refractivity contribution is -0.141. The van der Waals surface area contributed by atoms with Crippen LogP contribution >= 0.6 is 11.6 Å². The maximum atomic E-state index is 13.1. The van der Waals surface area contributed by atoms with Gasteiger partial charge in [-0.05, 0) is 56.3 Å². The van der Waals surface area contributed by atoms with Crippen LogP contribution in [0.3, 0.4) is 0 Å². The average Bonchev–Trinajstić information content (AvgIpc) is 3.08. The Labute approximate surface area is 169 Å².